The molecule has 0 radical (unpaired) electrons. The lowest BCUT2D eigenvalue weighted by atomic mass is 9.44. The predicted molar refractivity (Wildman–Crippen MR) is 149 cm³/mol. The molecule has 0 aromatic rings. The molecule has 0 aromatic carbocycles. The number of esters is 1. The van der Waals surface area contributed by atoms with E-state index in [9.17, 15) is 14.7 Å². The fraction of sp³-hybridized carbons (Fsp3) is 0.939. The SMILES string of the molecule is CCCCCCC(C)C1CCC2C3CCC4C[C@H](OC(=O)C(C)C(C)C(=O)O)CCC4(C)C3CCC12C. The van der Waals surface area contributed by atoms with E-state index in [4.69, 9.17) is 4.74 Å². The Morgan fingerprint density at radius 1 is 0.865 bits per heavy atom. The van der Waals surface area contributed by atoms with Crippen molar-refractivity contribution >= 4 is 11.9 Å². The molecule has 0 spiro atoms. The number of fused-ring (bicyclic) bond motifs is 5. The molecule has 11 atom stereocenters. The second-order valence-electron chi connectivity index (χ2n) is 14.5. The molecule has 0 amide bonds. The highest BCUT2D eigenvalue weighted by atomic mass is 16.5. The molecule has 1 N–H and O–H groups in total. The van der Waals surface area contributed by atoms with Crippen LogP contribution in [0.5, 0.6) is 0 Å². The molecular formula is C33H56O4. The van der Waals surface area contributed by atoms with Crippen LogP contribution in [0.1, 0.15) is 131 Å². The number of rotatable bonds is 10. The molecule has 212 valence electrons. The molecule has 4 rings (SSSR count). The van der Waals surface area contributed by atoms with Gasteiger partial charge in [-0.15, -0.1) is 0 Å². The van der Waals surface area contributed by atoms with Crippen LogP contribution in [0.4, 0.5) is 0 Å². The highest BCUT2D eigenvalue weighted by Gasteiger charge is 2.60. The summed E-state index contributed by atoms with van der Waals surface area (Å²) in [6.45, 7) is 13.4. The lowest BCUT2D eigenvalue weighted by Crippen LogP contribution is -2.54. The van der Waals surface area contributed by atoms with Crippen LogP contribution >= 0.6 is 0 Å². The Balaban J connectivity index is 1.37. The number of aliphatic carboxylic acids is 1. The topological polar surface area (TPSA) is 63.6 Å². The third-order valence-corrected chi connectivity index (χ3v) is 12.7. The minimum Gasteiger partial charge on any atom is -0.481 e. The van der Waals surface area contributed by atoms with Crippen LogP contribution in [0.2, 0.25) is 0 Å². The quantitative estimate of drug-likeness (QED) is 0.233. The monoisotopic (exact) mass is 516 g/mol. The number of ether oxygens (including phenoxy) is 1. The minimum absolute atomic E-state index is 0.0381. The average molecular weight is 517 g/mol. The first-order valence-corrected chi connectivity index (χ1v) is 16.0. The Hall–Kier alpha value is -1.06. The van der Waals surface area contributed by atoms with Gasteiger partial charge in [-0.2, -0.15) is 0 Å². The summed E-state index contributed by atoms with van der Waals surface area (Å²) in [7, 11) is 0. The second kappa shape index (κ2) is 11.6. The standard InChI is InChI=1S/C33H56O4/c1-7-8-9-10-11-21(2)27-14-15-28-26-13-12-24-20-25(37-31(36)23(4)22(3)30(34)35)16-18-32(24,5)29(26)17-19-33(27,28)6/h21-29H,7-20H2,1-6H3,(H,34,35)/t21?,22?,23?,24?,25-,26?,27?,28?,29?,32?,33?/m1/s1. The molecule has 4 nitrogen and oxygen atoms in total. The van der Waals surface area contributed by atoms with Gasteiger partial charge in [0, 0.05) is 0 Å². The Morgan fingerprint density at radius 3 is 2.27 bits per heavy atom. The molecule has 4 fully saturated rings. The number of carbonyl (C=O) groups is 2. The zero-order chi connectivity index (χ0) is 27.0. The fourth-order valence-corrected chi connectivity index (χ4v) is 10.1. The summed E-state index contributed by atoms with van der Waals surface area (Å²) >= 11 is 0. The van der Waals surface area contributed by atoms with E-state index in [0.29, 0.717) is 16.7 Å². The maximum atomic E-state index is 12.7. The van der Waals surface area contributed by atoms with E-state index in [1.54, 1.807) is 13.8 Å². The number of unbranched alkanes of at least 4 members (excludes halogenated alkanes) is 3. The van der Waals surface area contributed by atoms with Gasteiger partial charge in [0.25, 0.3) is 0 Å². The summed E-state index contributed by atoms with van der Waals surface area (Å²) in [5.41, 5.74) is 0.912. The van der Waals surface area contributed by atoms with Gasteiger partial charge in [-0.25, -0.2) is 0 Å². The minimum atomic E-state index is -0.927. The predicted octanol–water partition coefficient (Wildman–Crippen LogP) is 8.52. The van der Waals surface area contributed by atoms with Gasteiger partial charge in [0.05, 0.1) is 11.8 Å². The van der Waals surface area contributed by atoms with Crippen molar-refractivity contribution in [3.8, 4) is 0 Å². The lowest BCUT2D eigenvalue weighted by Gasteiger charge is -2.61. The van der Waals surface area contributed by atoms with Crippen LogP contribution in [-0.2, 0) is 14.3 Å². The fourth-order valence-electron chi connectivity index (χ4n) is 10.1. The van der Waals surface area contributed by atoms with E-state index in [1.165, 1.54) is 70.6 Å². The van der Waals surface area contributed by atoms with Gasteiger partial charge in [-0.3, -0.25) is 9.59 Å². The van der Waals surface area contributed by atoms with E-state index >= 15 is 0 Å². The Bertz CT molecular complexity index is 808. The van der Waals surface area contributed by atoms with Crippen LogP contribution in [0.15, 0.2) is 0 Å². The molecule has 37 heavy (non-hydrogen) atoms. The first-order chi connectivity index (χ1) is 17.5. The summed E-state index contributed by atoms with van der Waals surface area (Å²) in [4.78, 5) is 24.0. The van der Waals surface area contributed by atoms with Crippen molar-refractivity contribution in [3.05, 3.63) is 0 Å². The van der Waals surface area contributed by atoms with Gasteiger partial charge in [0.15, 0.2) is 0 Å². The number of hydrogen-bond acceptors (Lipinski definition) is 3. The number of carboxylic acids is 1. The summed E-state index contributed by atoms with van der Waals surface area (Å²) in [6.07, 6.45) is 18.3. The molecule has 0 heterocycles. The van der Waals surface area contributed by atoms with Crippen molar-refractivity contribution in [2.24, 2.45) is 58.2 Å². The van der Waals surface area contributed by atoms with E-state index < -0.39 is 17.8 Å². The highest BCUT2D eigenvalue weighted by molar-refractivity contribution is 5.80. The van der Waals surface area contributed by atoms with Crippen LogP contribution in [0.3, 0.4) is 0 Å². The van der Waals surface area contributed by atoms with Gasteiger partial charge in [0.2, 0.25) is 0 Å². The zero-order valence-corrected chi connectivity index (χ0v) is 24.8. The summed E-state index contributed by atoms with van der Waals surface area (Å²) < 4.78 is 5.93. The molecule has 0 aliphatic heterocycles. The van der Waals surface area contributed by atoms with Crippen molar-refractivity contribution in [1.82, 2.24) is 0 Å². The van der Waals surface area contributed by atoms with Crippen molar-refractivity contribution < 1.29 is 19.4 Å². The molecular weight excluding hydrogens is 460 g/mol. The third-order valence-electron chi connectivity index (χ3n) is 12.7. The molecule has 0 aromatic heterocycles. The van der Waals surface area contributed by atoms with Gasteiger partial charge in [-0.05, 0) is 104 Å². The molecule has 10 unspecified atom stereocenters. The van der Waals surface area contributed by atoms with Crippen molar-refractivity contribution in [1.29, 1.82) is 0 Å². The third kappa shape index (κ3) is 5.51. The first kappa shape index (κ1) is 28.9. The van der Waals surface area contributed by atoms with Gasteiger partial charge in [0.1, 0.15) is 6.10 Å². The Labute approximate surface area is 227 Å². The van der Waals surface area contributed by atoms with Gasteiger partial charge < -0.3 is 9.84 Å². The largest absolute Gasteiger partial charge is 0.481 e. The van der Waals surface area contributed by atoms with Crippen molar-refractivity contribution in [2.75, 3.05) is 0 Å². The van der Waals surface area contributed by atoms with Crippen molar-refractivity contribution in [3.63, 3.8) is 0 Å². The van der Waals surface area contributed by atoms with Crippen LogP contribution in [0, 0.1) is 58.2 Å². The van der Waals surface area contributed by atoms with E-state index in [-0.39, 0.29) is 12.1 Å². The Kier molecular flexibility index (Phi) is 9.06. The van der Waals surface area contributed by atoms with Gasteiger partial charge >= 0.3 is 11.9 Å². The molecule has 4 aliphatic rings. The molecule has 0 saturated heterocycles. The van der Waals surface area contributed by atoms with Gasteiger partial charge in [-0.1, -0.05) is 73.6 Å². The number of carbonyl (C=O) groups excluding carboxylic acids is 1. The second-order valence-corrected chi connectivity index (χ2v) is 14.5. The van der Waals surface area contributed by atoms with E-state index in [0.717, 1.165) is 48.9 Å². The Morgan fingerprint density at radius 2 is 1.57 bits per heavy atom. The summed E-state index contributed by atoms with van der Waals surface area (Å²) in [6, 6.07) is 0. The maximum absolute atomic E-state index is 12.7. The van der Waals surface area contributed by atoms with Crippen LogP contribution in [-0.4, -0.2) is 23.1 Å². The molecule has 4 heteroatoms. The maximum Gasteiger partial charge on any atom is 0.309 e. The van der Waals surface area contributed by atoms with Crippen LogP contribution in [0.25, 0.3) is 0 Å². The van der Waals surface area contributed by atoms with Crippen LogP contribution < -0.4 is 0 Å². The zero-order valence-electron chi connectivity index (χ0n) is 24.8. The molecule has 4 aliphatic carbocycles. The summed E-state index contributed by atoms with van der Waals surface area (Å²) in [5, 5.41) is 9.29. The normalized spacial score (nSPS) is 41.6. The lowest BCUT2D eigenvalue weighted by molar-refractivity contribution is -0.170. The average Bonchev–Trinajstić information content (AvgIpc) is 3.23. The smallest absolute Gasteiger partial charge is 0.309 e. The number of carboxylic acid groups (broad SMARTS) is 1. The highest BCUT2D eigenvalue weighted by Crippen LogP contribution is 2.68. The first-order valence-electron chi connectivity index (χ1n) is 16.0. The molecule has 0 bridgehead atoms. The van der Waals surface area contributed by atoms with E-state index in [1.807, 2.05) is 0 Å². The summed E-state index contributed by atoms with van der Waals surface area (Å²) in [5.74, 6) is 2.47. The van der Waals surface area contributed by atoms with Crippen molar-refractivity contribution in [2.45, 2.75) is 138 Å². The van der Waals surface area contributed by atoms with E-state index in [2.05, 4.69) is 27.7 Å². The molecule has 4 saturated carbocycles. The number of hydrogen-bond donors (Lipinski definition) is 1.